The van der Waals surface area contributed by atoms with Crippen molar-refractivity contribution in [2.75, 3.05) is 0 Å². The Balaban J connectivity index is 4.30. The summed E-state index contributed by atoms with van der Waals surface area (Å²) in [4.78, 5) is 22.7. The molecule has 0 rings (SSSR count). The first kappa shape index (κ1) is 15.4. The number of rotatable bonds is 4. The van der Waals surface area contributed by atoms with Gasteiger partial charge in [0.2, 0.25) is 4.69 Å². The molecular weight excluding hydrogens is 274 g/mol. The summed E-state index contributed by atoms with van der Waals surface area (Å²) < 4.78 is 4.85. The normalized spacial score (nSPS) is 13.4. The van der Waals surface area contributed by atoms with E-state index >= 15 is 0 Å². The highest BCUT2D eigenvalue weighted by atomic mass is 79.9. The summed E-state index contributed by atoms with van der Waals surface area (Å²) in [7, 11) is 0. The summed E-state index contributed by atoms with van der Waals surface area (Å²) in [6.07, 6.45) is 0.0227. The fraction of sp³-hybridized carbons (Fsp3) is 0.818. The minimum atomic E-state index is -0.564. The van der Waals surface area contributed by atoms with Crippen LogP contribution in [0.2, 0.25) is 0 Å². The Labute approximate surface area is 105 Å². The van der Waals surface area contributed by atoms with E-state index in [9.17, 15) is 9.59 Å². The molecule has 0 saturated carbocycles. The van der Waals surface area contributed by atoms with Crippen LogP contribution in [0.15, 0.2) is 0 Å². The number of amides is 1. The van der Waals surface area contributed by atoms with Crippen LogP contribution in [-0.4, -0.2) is 22.4 Å². The van der Waals surface area contributed by atoms with Gasteiger partial charge in [-0.15, -0.1) is 0 Å². The van der Waals surface area contributed by atoms with E-state index < -0.39 is 17.7 Å². The van der Waals surface area contributed by atoms with E-state index in [2.05, 4.69) is 21.2 Å². The SMILES string of the molecule is CC(C)C[C@H](NC(=O)OC(C)(C)C)C(=O)Br. The first-order chi connectivity index (χ1) is 7.11. The molecule has 5 heteroatoms. The van der Waals surface area contributed by atoms with Gasteiger partial charge in [-0.3, -0.25) is 4.79 Å². The summed E-state index contributed by atoms with van der Waals surface area (Å²) in [6.45, 7) is 9.30. The average Bonchev–Trinajstić information content (AvgIpc) is 1.97. The van der Waals surface area contributed by atoms with Gasteiger partial charge in [-0.05, 0) is 49.0 Å². The van der Waals surface area contributed by atoms with Crippen LogP contribution in [0.1, 0.15) is 41.0 Å². The van der Waals surface area contributed by atoms with Crippen LogP contribution in [-0.2, 0) is 9.53 Å². The van der Waals surface area contributed by atoms with E-state index in [1.807, 2.05) is 13.8 Å². The van der Waals surface area contributed by atoms with Gasteiger partial charge in [0.25, 0.3) is 0 Å². The van der Waals surface area contributed by atoms with Crippen molar-refractivity contribution in [1.29, 1.82) is 0 Å². The molecule has 0 aromatic carbocycles. The Morgan fingerprint density at radius 1 is 1.31 bits per heavy atom. The Hall–Kier alpha value is -0.580. The van der Waals surface area contributed by atoms with Gasteiger partial charge in [0.1, 0.15) is 11.6 Å². The monoisotopic (exact) mass is 293 g/mol. The van der Waals surface area contributed by atoms with Crippen LogP contribution in [0, 0.1) is 5.92 Å². The van der Waals surface area contributed by atoms with Crippen LogP contribution in [0.4, 0.5) is 4.79 Å². The molecule has 0 unspecified atom stereocenters. The number of alkyl carbamates (subject to hydrolysis) is 1. The summed E-state index contributed by atoms with van der Waals surface area (Å²) >= 11 is 2.87. The molecule has 1 atom stereocenters. The molecule has 0 aliphatic rings. The van der Waals surface area contributed by atoms with E-state index in [0.29, 0.717) is 12.3 Å². The molecule has 0 bridgehead atoms. The largest absolute Gasteiger partial charge is 0.444 e. The van der Waals surface area contributed by atoms with Crippen molar-refractivity contribution in [3.05, 3.63) is 0 Å². The van der Waals surface area contributed by atoms with Gasteiger partial charge >= 0.3 is 6.09 Å². The summed E-state index contributed by atoms with van der Waals surface area (Å²) in [5.41, 5.74) is -0.554. The highest BCUT2D eigenvalue weighted by Crippen LogP contribution is 2.11. The van der Waals surface area contributed by atoms with Gasteiger partial charge in [0.15, 0.2) is 0 Å². The first-order valence-corrected chi connectivity index (χ1v) is 6.10. The molecule has 0 saturated heterocycles. The van der Waals surface area contributed by atoms with Crippen molar-refractivity contribution >= 4 is 26.7 Å². The van der Waals surface area contributed by atoms with Crippen molar-refractivity contribution in [3.63, 3.8) is 0 Å². The average molecular weight is 294 g/mol. The van der Waals surface area contributed by atoms with Crippen molar-refractivity contribution in [3.8, 4) is 0 Å². The van der Waals surface area contributed by atoms with E-state index in [1.165, 1.54) is 0 Å². The standard InChI is InChI=1S/C11H20BrNO3/c1-7(2)6-8(9(12)14)13-10(15)16-11(3,4)5/h7-8H,6H2,1-5H3,(H,13,15)/t8-/m0/s1. The van der Waals surface area contributed by atoms with Crippen LogP contribution < -0.4 is 5.32 Å². The lowest BCUT2D eigenvalue weighted by Crippen LogP contribution is -2.42. The summed E-state index contributed by atoms with van der Waals surface area (Å²) in [6, 6.07) is -0.533. The lowest BCUT2D eigenvalue weighted by molar-refractivity contribution is -0.112. The molecule has 0 aromatic rings. The minimum Gasteiger partial charge on any atom is -0.444 e. The molecule has 0 radical (unpaired) electrons. The van der Waals surface area contributed by atoms with Crippen LogP contribution in [0.5, 0.6) is 0 Å². The van der Waals surface area contributed by atoms with Crippen molar-refractivity contribution in [2.24, 2.45) is 5.92 Å². The third-order valence-corrected chi connectivity index (χ3v) is 2.22. The van der Waals surface area contributed by atoms with Crippen molar-refractivity contribution < 1.29 is 14.3 Å². The molecule has 0 aromatic heterocycles. The van der Waals surface area contributed by atoms with E-state index in [0.717, 1.165) is 0 Å². The van der Waals surface area contributed by atoms with Gasteiger partial charge in [0.05, 0.1) is 0 Å². The molecule has 0 heterocycles. The second kappa shape index (κ2) is 6.23. The Bertz CT molecular complexity index is 258. The molecule has 0 aliphatic heterocycles. The maximum absolute atomic E-state index is 11.4. The number of hydrogen-bond acceptors (Lipinski definition) is 3. The van der Waals surface area contributed by atoms with Crippen molar-refractivity contribution in [2.45, 2.75) is 52.7 Å². The molecule has 16 heavy (non-hydrogen) atoms. The van der Waals surface area contributed by atoms with E-state index in [4.69, 9.17) is 4.74 Å². The van der Waals surface area contributed by atoms with Crippen LogP contribution in [0.3, 0.4) is 0 Å². The smallest absolute Gasteiger partial charge is 0.408 e. The summed E-state index contributed by atoms with van der Waals surface area (Å²) in [5.74, 6) is 0.321. The highest BCUT2D eigenvalue weighted by Gasteiger charge is 2.23. The number of carbonyl (C=O) groups excluding carboxylic acids is 2. The van der Waals surface area contributed by atoms with Gasteiger partial charge in [-0.25, -0.2) is 4.79 Å². The third kappa shape index (κ3) is 7.68. The molecule has 1 N–H and O–H groups in total. The lowest BCUT2D eigenvalue weighted by atomic mass is 10.1. The topological polar surface area (TPSA) is 55.4 Å². The zero-order chi connectivity index (χ0) is 12.9. The maximum atomic E-state index is 11.4. The fourth-order valence-corrected chi connectivity index (χ4v) is 1.43. The number of hydrogen-bond donors (Lipinski definition) is 1. The third-order valence-electron chi connectivity index (χ3n) is 1.67. The van der Waals surface area contributed by atoms with Gasteiger partial charge in [-0.1, -0.05) is 13.8 Å². The zero-order valence-electron chi connectivity index (χ0n) is 10.5. The van der Waals surface area contributed by atoms with Crippen molar-refractivity contribution in [1.82, 2.24) is 5.32 Å². The molecular formula is C11H20BrNO3. The van der Waals surface area contributed by atoms with Gasteiger partial charge < -0.3 is 10.1 Å². The van der Waals surface area contributed by atoms with E-state index in [1.54, 1.807) is 20.8 Å². The number of halogens is 1. The Morgan fingerprint density at radius 2 is 1.81 bits per heavy atom. The minimum absolute atomic E-state index is 0.230. The molecule has 94 valence electrons. The molecule has 0 aliphatic carbocycles. The quantitative estimate of drug-likeness (QED) is 0.811. The zero-order valence-corrected chi connectivity index (χ0v) is 12.1. The number of ether oxygens (including phenoxy) is 1. The van der Waals surface area contributed by atoms with Crippen LogP contribution in [0.25, 0.3) is 0 Å². The van der Waals surface area contributed by atoms with Gasteiger partial charge in [-0.2, -0.15) is 0 Å². The van der Waals surface area contributed by atoms with Crippen LogP contribution >= 0.6 is 15.9 Å². The molecule has 4 nitrogen and oxygen atoms in total. The highest BCUT2D eigenvalue weighted by molar-refractivity contribution is 9.18. The molecule has 0 spiro atoms. The fourth-order valence-electron chi connectivity index (χ4n) is 1.13. The molecule has 1 amide bonds. The number of nitrogens with one attached hydrogen (secondary N) is 1. The lowest BCUT2D eigenvalue weighted by Gasteiger charge is -2.22. The Morgan fingerprint density at radius 3 is 2.12 bits per heavy atom. The predicted molar refractivity (Wildman–Crippen MR) is 66.5 cm³/mol. The summed E-state index contributed by atoms with van der Waals surface area (Å²) in [5, 5.41) is 2.55. The second-order valence-corrected chi connectivity index (χ2v) is 5.91. The van der Waals surface area contributed by atoms with E-state index in [-0.39, 0.29) is 4.69 Å². The van der Waals surface area contributed by atoms with Gasteiger partial charge in [0, 0.05) is 0 Å². The second-order valence-electron chi connectivity index (χ2n) is 5.13. The molecule has 0 fully saturated rings. The Kier molecular flexibility index (Phi) is 6.00. The predicted octanol–water partition coefficient (Wildman–Crippen LogP) is 2.85. The number of carbonyl (C=O) groups is 2. The maximum Gasteiger partial charge on any atom is 0.408 e. The first-order valence-electron chi connectivity index (χ1n) is 5.30.